The number of phenolic OH excluding ortho intramolecular Hbond substituents is 1. The molecule has 0 fully saturated rings. The fourth-order valence-corrected chi connectivity index (χ4v) is 3.64. The Bertz CT molecular complexity index is 1290. The second-order valence-electron chi connectivity index (χ2n) is 6.77. The maximum atomic E-state index is 11.7. The van der Waals surface area contributed by atoms with Crippen molar-refractivity contribution < 1.29 is 15.0 Å². The van der Waals surface area contributed by atoms with Crippen LogP contribution in [-0.2, 0) is 0 Å². The molecule has 0 atom stereocenters. The highest BCUT2D eigenvalue weighted by Gasteiger charge is 2.14. The lowest BCUT2D eigenvalue weighted by Gasteiger charge is -2.03. The summed E-state index contributed by atoms with van der Waals surface area (Å²) in [7, 11) is 0. The number of nitrogens with zero attached hydrogens (tertiary/aromatic N) is 2. The molecule has 0 amide bonds. The van der Waals surface area contributed by atoms with Crippen LogP contribution in [0.25, 0.3) is 34.5 Å². The van der Waals surface area contributed by atoms with E-state index in [1.807, 2.05) is 36.4 Å². The Kier molecular flexibility index (Phi) is 5.80. The van der Waals surface area contributed by atoms with Crippen molar-refractivity contribution in [3.63, 3.8) is 0 Å². The summed E-state index contributed by atoms with van der Waals surface area (Å²) in [6, 6.07) is 19.6. The van der Waals surface area contributed by atoms with E-state index in [0.717, 1.165) is 21.3 Å². The number of phenols is 1. The number of aromatic hydroxyl groups is 1. The smallest absolute Gasteiger partial charge is 0.417 e. The summed E-state index contributed by atoms with van der Waals surface area (Å²) in [5.41, 5.74) is 3.82. The zero-order valence-electron chi connectivity index (χ0n) is 16.0. The van der Waals surface area contributed by atoms with Crippen molar-refractivity contribution in [2.24, 2.45) is 0 Å². The topological polar surface area (TPSA) is 75.3 Å². The van der Waals surface area contributed by atoms with Gasteiger partial charge in [0, 0.05) is 16.8 Å². The van der Waals surface area contributed by atoms with Crippen LogP contribution >= 0.6 is 23.2 Å². The van der Waals surface area contributed by atoms with Crippen molar-refractivity contribution in [3.05, 3.63) is 94.4 Å². The lowest BCUT2D eigenvalue weighted by molar-refractivity contribution is 0.196. The van der Waals surface area contributed by atoms with E-state index in [2.05, 4.69) is 4.98 Å². The minimum absolute atomic E-state index is 0.205. The molecular weight excluding hydrogens is 435 g/mol. The lowest BCUT2D eigenvalue weighted by Crippen LogP contribution is -2.08. The molecule has 0 radical (unpaired) electrons. The Labute approximate surface area is 188 Å². The Balaban J connectivity index is 1.67. The van der Waals surface area contributed by atoms with Gasteiger partial charge in [0.05, 0.1) is 10.7 Å². The highest BCUT2D eigenvalue weighted by molar-refractivity contribution is 6.36. The number of hydrogen-bond acceptors (Lipinski definition) is 3. The number of imidazole rings is 1. The summed E-state index contributed by atoms with van der Waals surface area (Å²) in [5.74, 6) is 0.459. The second kappa shape index (κ2) is 8.68. The zero-order valence-corrected chi connectivity index (χ0v) is 17.5. The third-order valence-corrected chi connectivity index (χ3v) is 5.21. The van der Waals surface area contributed by atoms with E-state index in [-0.39, 0.29) is 11.6 Å². The molecule has 31 heavy (non-hydrogen) atoms. The van der Waals surface area contributed by atoms with Crippen LogP contribution < -0.4 is 0 Å². The van der Waals surface area contributed by atoms with E-state index in [0.29, 0.717) is 21.3 Å². The summed E-state index contributed by atoms with van der Waals surface area (Å²) >= 11 is 12.2. The molecule has 0 aliphatic heterocycles. The van der Waals surface area contributed by atoms with Gasteiger partial charge in [-0.25, -0.2) is 14.3 Å². The highest BCUT2D eigenvalue weighted by atomic mass is 35.5. The van der Waals surface area contributed by atoms with Gasteiger partial charge in [-0.3, -0.25) is 0 Å². The number of carbonyl (C=O) groups is 1. The van der Waals surface area contributed by atoms with Gasteiger partial charge in [0.15, 0.2) is 0 Å². The standard InChI is InChI=1S/C24H16Cl2N2O3/c25-18-7-10-20(21(26)13-18)22-14-28(24(30)31)23(27-22)11-4-15-2-1-3-17(12-15)16-5-8-19(29)9-6-16/h1-14,29H,(H,30,31)/b11-4+. The van der Waals surface area contributed by atoms with Crippen LogP contribution in [0, 0.1) is 0 Å². The first-order valence-corrected chi connectivity index (χ1v) is 10.0. The first-order chi connectivity index (χ1) is 14.9. The predicted molar refractivity (Wildman–Crippen MR) is 124 cm³/mol. The van der Waals surface area contributed by atoms with Gasteiger partial charge in [-0.2, -0.15) is 0 Å². The highest BCUT2D eigenvalue weighted by Crippen LogP contribution is 2.30. The Morgan fingerprint density at radius 3 is 2.42 bits per heavy atom. The van der Waals surface area contributed by atoms with Crippen LogP contribution in [0.5, 0.6) is 5.75 Å². The van der Waals surface area contributed by atoms with Gasteiger partial charge in [0.1, 0.15) is 11.6 Å². The minimum atomic E-state index is -1.15. The average Bonchev–Trinajstić information content (AvgIpc) is 3.17. The Morgan fingerprint density at radius 2 is 1.71 bits per heavy atom. The molecule has 4 rings (SSSR count). The number of carboxylic acid groups (broad SMARTS) is 1. The fraction of sp³-hybridized carbons (Fsp3) is 0. The third kappa shape index (κ3) is 4.63. The van der Waals surface area contributed by atoms with Crippen molar-refractivity contribution in [3.8, 4) is 28.1 Å². The molecule has 7 heteroatoms. The molecule has 0 bridgehead atoms. The normalized spacial score (nSPS) is 11.2. The Hall–Kier alpha value is -3.54. The van der Waals surface area contributed by atoms with Crippen LogP contribution in [0.2, 0.25) is 10.0 Å². The van der Waals surface area contributed by atoms with Crippen molar-refractivity contribution in [2.45, 2.75) is 0 Å². The molecule has 0 saturated heterocycles. The first-order valence-electron chi connectivity index (χ1n) is 9.26. The van der Waals surface area contributed by atoms with E-state index in [4.69, 9.17) is 23.2 Å². The molecule has 5 nitrogen and oxygen atoms in total. The van der Waals surface area contributed by atoms with E-state index in [9.17, 15) is 15.0 Å². The van der Waals surface area contributed by atoms with Gasteiger partial charge in [0.2, 0.25) is 0 Å². The number of halogens is 2. The zero-order chi connectivity index (χ0) is 22.0. The number of aromatic nitrogens is 2. The molecule has 1 heterocycles. The molecule has 0 unspecified atom stereocenters. The van der Waals surface area contributed by atoms with Crippen molar-refractivity contribution in [2.75, 3.05) is 0 Å². The molecule has 0 aliphatic carbocycles. The molecule has 0 saturated carbocycles. The number of rotatable bonds is 4. The molecule has 154 valence electrons. The molecule has 4 aromatic rings. The fourth-order valence-electron chi connectivity index (χ4n) is 3.14. The summed E-state index contributed by atoms with van der Waals surface area (Å²) in [6.45, 7) is 0. The van der Waals surface area contributed by atoms with Gasteiger partial charge in [0.25, 0.3) is 0 Å². The predicted octanol–water partition coefficient (Wildman–Crippen LogP) is 6.93. The van der Waals surface area contributed by atoms with Gasteiger partial charge < -0.3 is 10.2 Å². The molecular formula is C24H16Cl2N2O3. The summed E-state index contributed by atoms with van der Waals surface area (Å²) in [5, 5.41) is 19.9. The average molecular weight is 451 g/mol. The quantitative estimate of drug-likeness (QED) is 0.353. The molecule has 3 aromatic carbocycles. The van der Waals surface area contributed by atoms with Crippen LogP contribution in [0.1, 0.15) is 11.4 Å². The maximum Gasteiger partial charge on any atom is 0.417 e. The molecule has 2 N–H and O–H groups in total. The van der Waals surface area contributed by atoms with Gasteiger partial charge >= 0.3 is 6.09 Å². The monoisotopic (exact) mass is 450 g/mol. The van der Waals surface area contributed by atoms with Crippen molar-refractivity contribution in [1.82, 2.24) is 9.55 Å². The van der Waals surface area contributed by atoms with Crippen LogP contribution in [0.4, 0.5) is 4.79 Å². The summed E-state index contributed by atoms with van der Waals surface area (Å²) in [4.78, 5) is 16.1. The van der Waals surface area contributed by atoms with Crippen molar-refractivity contribution in [1.29, 1.82) is 0 Å². The van der Waals surface area contributed by atoms with E-state index in [1.54, 1.807) is 42.5 Å². The third-order valence-electron chi connectivity index (χ3n) is 4.66. The molecule has 0 spiro atoms. The Morgan fingerprint density at radius 1 is 0.935 bits per heavy atom. The first kappa shape index (κ1) is 20.7. The largest absolute Gasteiger partial charge is 0.508 e. The lowest BCUT2D eigenvalue weighted by atomic mass is 10.0. The summed E-state index contributed by atoms with van der Waals surface area (Å²) in [6.07, 6.45) is 3.70. The second-order valence-corrected chi connectivity index (χ2v) is 7.61. The van der Waals surface area contributed by atoms with Gasteiger partial charge in [-0.1, -0.05) is 59.6 Å². The van der Waals surface area contributed by atoms with Crippen molar-refractivity contribution >= 4 is 41.4 Å². The SMILES string of the molecule is O=C(O)n1cc(-c2ccc(Cl)cc2Cl)nc1/C=C/c1cccc(-c2ccc(O)cc2)c1. The summed E-state index contributed by atoms with van der Waals surface area (Å²) < 4.78 is 1.04. The van der Waals surface area contributed by atoms with Crippen LogP contribution in [-0.4, -0.2) is 25.9 Å². The van der Waals surface area contributed by atoms with Crippen LogP contribution in [0.3, 0.4) is 0 Å². The van der Waals surface area contributed by atoms with E-state index < -0.39 is 6.09 Å². The van der Waals surface area contributed by atoms with E-state index in [1.165, 1.54) is 6.20 Å². The number of benzene rings is 3. The van der Waals surface area contributed by atoms with Gasteiger partial charge in [-0.05, 0) is 59.2 Å². The van der Waals surface area contributed by atoms with Gasteiger partial charge in [-0.15, -0.1) is 0 Å². The van der Waals surface area contributed by atoms with Crippen LogP contribution in [0.15, 0.2) is 72.9 Å². The minimum Gasteiger partial charge on any atom is -0.508 e. The maximum absolute atomic E-state index is 11.7. The number of hydrogen-bond donors (Lipinski definition) is 2. The van der Waals surface area contributed by atoms with E-state index >= 15 is 0 Å². The molecule has 1 aromatic heterocycles. The molecule has 0 aliphatic rings.